The summed E-state index contributed by atoms with van der Waals surface area (Å²) in [4.78, 5) is 0. The van der Waals surface area contributed by atoms with Crippen molar-refractivity contribution >= 4 is 37.5 Å². The molecule has 1 heterocycles. The van der Waals surface area contributed by atoms with E-state index < -0.39 is 0 Å². The molecule has 0 bridgehead atoms. The minimum absolute atomic E-state index is 0.250. The van der Waals surface area contributed by atoms with E-state index in [1.54, 1.807) is 6.07 Å². The highest BCUT2D eigenvalue weighted by atomic mass is 79.9. The van der Waals surface area contributed by atoms with Crippen molar-refractivity contribution < 1.29 is 8.81 Å². The van der Waals surface area contributed by atoms with Crippen molar-refractivity contribution in [2.24, 2.45) is 0 Å². The van der Waals surface area contributed by atoms with E-state index in [0.29, 0.717) is 11.2 Å². The molecule has 2 aromatic rings. The monoisotopic (exact) mass is 361 g/mol. The van der Waals surface area contributed by atoms with Crippen LogP contribution in [-0.4, -0.2) is 0 Å². The van der Waals surface area contributed by atoms with E-state index in [2.05, 4.69) is 37.2 Å². The van der Waals surface area contributed by atoms with Gasteiger partial charge in [0.05, 0.1) is 11.0 Å². The molecular weight excluding hydrogens is 353 g/mol. The summed E-state index contributed by atoms with van der Waals surface area (Å²) in [5.41, 5.74) is 1.77. The van der Waals surface area contributed by atoms with Gasteiger partial charge in [0, 0.05) is 5.69 Å². The summed E-state index contributed by atoms with van der Waals surface area (Å²) in [6.45, 7) is 2.43. The second-order valence-electron chi connectivity index (χ2n) is 3.65. The summed E-state index contributed by atoms with van der Waals surface area (Å²) >= 11 is 6.61. The van der Waals surface area contributed by atoms with Gasteiger partial charge < -0.3 is 9.73 Å². The van der Waals surface area contributed by atoms with Crippen LogP contribution in [0.2, 0.25) is 0 Å². The van der Waals surface area contributed by atoms with Crippen LogP contribution in [-0.2, 0) is 6.54 Å². The minimum Gasteiger partial charge on any atom is -0.451 e. The molecule has 0 saturated heterocycles. The van der Waals surface area contributed by atoms with Gasteiger partial charge in [-0.1, -0.05) is 6.07 Å². The average Bonchev–Trinajstić information content (AvgIpc) is 2.60. The lowest BCUT2D eigenvalue weighted by Gasteiger charge is -2.07. The van der Waals surface area contributed by atoms with E-state index in [1.807, 2.05) is 13.0 Å². The van der Waals surface area contributed by atoms with Gasteiger partial charge in [0.25, 0.3) is 0 Å². The molecule has 0 fully saturated rings. The SMILES string of the molecule is Cc1ccc(F)cc1NCc1cc(Br)c(Br)o1. The highest BCUT2D eigenvalue weighted by Crippen LogP contribution is 2.27. The first kappa shape index (κ1) is 12.6. The Balaban J connectivity index is 2.09. The largest absolute Gasteiger partial charge is 0.451 e. The molecule has 5 heteroatoms. The van der Waals surface area contributed by atoms with Gasteiger partial charge in [0.15, 0.2) is 4.67 Å². The van der Waals surface area contributed by atoms with Crippen LogP contribution in [0.4, 0.5) is 10.1 Å². The fraction of sp³-hybridized carbons (Fsp3) is 0.167. The Hall–Kier alpha value is -0.810. The average molecular weight is 363 g/mol. The van der Waals surface area contributed by atoms with E-state index >= 15 is 0 Å². The number of anilines is 1. The number of furan rings is 1. The van der Waals surface area contributed by atoms with Crippen LogP contribution in [0.3, 0.4) is 0 Å². The van der Waals surface area contributed by atoms with Crippen molar-refractivity contribution in [2.45, 2.75) is 13.5 Å². The van der Waals surface area contributed by atoms with E-state index in [-0.39, 0.29) is 5.82 Å². The Labute approximate surface area is 115 Å². The van der Waals surface area contributed by atoms with Gasteiger partial charge in [0.2, 0.25) is 0 Å². The Morgan fingerprint density at radius 2 is 2.06 bits per heavy atom. The number of halogens is 3. The lowest BCUT2D eigenvalue weighted by Crippen LogP contribution is -2.00. The van der Waals surface area contributed by atoms with Crippen molar-refractivity contribution in [3.8, 4) is 0 Å². The van der Waals surface area contributed by atoms with E-state index in [1.165, 1.54) is 12.1 Å². The zero-order chi connectivity index (χ0) is 12.4. The third-order valence-electron chi connectivity index (χ3n) is 2.35. The van der Waals surface area contributed by atoms with Gasteiger partial charge in [-0.25, -0.2) is 4.39 Å². The molecule has 1 aromatic carbocycles. The first-order chi connectivity index (χ1) is 8.06. The maximum absolute atomic E-state index is 13.1. The quantitative estimate of drug-likeness (QED) is 0.843. The Morgan fingerprint density at radius 1 is 1.29 bits per heavy atom. The van der Waals surface area contributed by atoms with E-state index in [9.17, 15) is 4.39 Å². The number of hydrogen-bond acceptors (Lipinski definition) is 2. The number of rotatable bonds is 3. The molecule has 0 atom stereocenters. The summed E-state index contributed by atoms with van der Waals surface area (Å²) in [5, 5.41) is 3.14. The Bertz CT molecular complexity index is 520. The van der Waals surface area contributed by atoms with Gasteiger partial charge in [0.1, 0.15) is 11.6 Å². The van der Waals surface area contributed by atoms with Crippen LogP contribution in [0.15, 0.2) is 37.8 Å². The minimum atomic E-state index is -0.250. The Morgan fingerprint density at radius 3 is 2.71 bits per heavy atom. The number of aryl methyl sites for hydroxylation is 1. The van der Waals surface area contributed by atoms with Gasteiger partial charge in [-0.2, -0.15) is 0 Å². The van der Waals surface area contributed by atoms with Crippen molar-refractivity contribution in [1.29, 1.82) is 0 Å². The highest BCUT2D eigenvalue weighted by Gasteiger charge is 2.06. The zero-order valence-corrected chi connectivity index (χ0v) is 12.2. The van der Waals surface area contributed by atoms with Crippen LogP contribution in [0.1, 0.15) is 11.3 Å². The second kappa shape index (κ2) is 5.23. The van der Waals surface area contributed by atoms with Crippen LogP contribution in [0, 0.1) is 12.7 Å². The van der Waals surface area contributed by atoms with Crippen LogP contribution < -0.4 is 5.32 Å². The second-order valence-corrected chi connectivity index (χ2v) is 5.22. The molecule has 0 unspecified atom stereocenters. The molecule has 0 aliphatic heterocycles. The Kier molecular flexibility index (Phi) is 3.89. The van der Waals surface area contributed by atoms with Gasteiger partial charge in [-0.3, -0.25) is 0 Å². The number of nitrogens with one attached hydrogen (secondary N) is 1. The van der Waals surface area contributed by atoms with Gasteiger partial charge >= 0.3 is 0 Å². The molecule has 2 rings (SSSR count). The topological polar surface area (TPSA) is 25.2 Å². The fourth-order valence-electron chi connectivity index (χ4n) is 1.45. The van der Waals surface area contributed by atoms with Crippen molar-refractivity contribution in [3.63, 3.8) is 0 Å². The van der Waals surface area contributed by atoms with Crippen LogP contribution in [0.25, 0.3) is 0 Å². The molecule has 0 aliphatic rings. The predicted molar refractivity (Wildman–Crippen MR) is 72.6 cm³/mol. The molecular formula is C12H10Br2FNO. The predicted octanol–water partition coefficient (Wildman–Crippen LogP) is 4.86. The molecule has 0 aliphatic carbocycles. The first-order valence-corrected chi connectivity index (χ1v) is 6.58. The first-order valence-electron chi connectivity index (χ1n) is 5.00. The summed E-state index contributed by atoms with van der Waals surface area (Å²) in [6.07, 6.45) is 0. The molecule has 2 nitrogen and oxygen atoms in total. The fourth-order valence-corrected chi connectivity index (χ4v) is 2.10. The molecule has 1 aromatic heterocycles. The highest BCUT2D eigenvalue weighted by molar-refractivity contribution is 9.13. The van der Waals surface area contributed by atoms with E-state index in [4.69, 9.17) is 4.42 Å². The van der Waals surface area contributed by atoms with Crippen molar-refractivity contribution in [1.82, 2.24) is 0 Å². The van der Waals surface area contributed by atoms with Gasteiger partial charge in [-0.05, 0) is 62.5 Å². The molecule has 1 N–H and O–H groups in total. The van der Waals surface area contributed by atoms with Crippen LogP contribution >= 0.6 is 31.9 Å². The van der Waals surface area contributed by atoms with Crippen LogP contribution in [0.5, 0.6) is 0 Å². The maximum Gasteiger partial charge on any atom is 0.183 e. The smallest absolute Gasteiger partial charge is 0.183 e. The molecule has 0 amide bonds. The maximum atomic E-state index is 13.1. The number of hydrogen-bond donors (Lipinski definition) is 1. The summed E-state index contributed by atoms with van der Waals surface area (Å²) in [5.74, 6) is 0.521. The summed E-state index contributed by atoms with van der Waals surface area (Å²) in [7, 11) is 0. The summed E-state index contributed by atoms with van der Waals surface area (Å²) < 4.78 is 20.0. The molecule has 90 valence electrons. The molecule has 0 saturated carbocycles. The zero-order valence-electron chi connectivity index (χ0n) is 9.06. The van der Waals surface area contributed by atoms with Crippen molar-refractivity contribution in [3.05, 3.63) is 50.5 Å². The van der Waals surface area contributed by atoms with Gasteiger partial charge in [-0.15, -0.1) is 0 Å². The normalized spacial score (nSPS) is 10.6. The molecule has 17 heavy (non-hydrogen) atoms. The molecule has 0 spiro atoms. The third kappa shape index (κ3) is 3.10. The standard InChI is InChI=1S/C12H10Br2FNO/c1-7-2-3-8(15)4-11(7)16-6-9-5-10(13)12(14)17-9/h2-5,16H,6H2,1H3. The third-order valence-corrected chi connectivity index (χ3v) is 4.06. The molecule has 0 radical (unpaired) electrons. The lowest BCUT2D eigenvalue weighted by atomic mass is 10.2. The van der Waals surface area contributed by atoms with Crippen molar-refractivity contribution in [2.75, 3.05) is 5.32 Å². The lowest BCUT2D eigenvalue weighted by molar-refractivity contribution is 0.494. The number of benzene rings is 1. The van der Waals surface area contributed by atoms with E-state index in [0.717, 1.165) is 21.5 Å². The summed E-state index contributed by atoms with van der Waals surface area (Å²) in [6, 6.07) is 6.53.